The summed E-state index contributed by atoms with van der Waals surface area (Å²) in [5.74, 6) is -0.277. The van der Waals surface area contributed by atoms with Crippen LogP contribution in [0.25, 0.3) is 0 Å². The molecule has 0 bridgehead atoms. The lowest BCUT2D eigenvalue weighted by Gasteiger charge is -2.25. The van der Waals surface area contributed by atoms with E-state index in [2.05, 4.69) is 28.8 Å². The number of nitrogens with zero attached hydrogens (tertiary/aromatic N) is 1. The van der Waals surface area contributed by atoms with E-state index in [1.807, 2.05) is 26.1 Å². The number of halogens is 1. The van der Waals surface area contributed by atoms with Crippen molar-refractivity contribution in [3.8, 4) is 0 Å². The molecule has 2 heterocycles. The normalized spacial score (nSPS) is 17.5. The van der Waals surface area contributed by atoms with Crippen molar-refractivity contribution in [1.29, 1.82) is 0 Å². The van der Waals surface area contributed by atoms with Gasteiger partial charge in [0.15, 0.2) is 0 Å². The molecule has 2 N–H and O–H groups in total. The van der Waals surface area contributed by atoms with E-state index >= 15 is 0 Å². The molecule has 0 saturated carbocycles. The Morgan fingerprint density at radius 3 is 2.57 bits per heavy atom. The Morgan fingerprint density at radius 1 is 1.13 bits per heavy atom. The molecule has 0 spiro atoms. The molecule has 30 heavy (non-hydrogen) atoms. The summed E-state index contributed by atoms with van der Waals surface area (Å²) < 4.78 is 1.76. The Bertz CT molecular complexity index is 963. The number of aryl methyl sites for hydroxylation is 3. The Labute approximate surface area is 184 Å². The summed E-state index contributed by atoms with van der Waals surface area (Å²) in [6.45, 7) is 5.64. The first-order valence-electron chi connectivity index (χ1n) is 10.9. The lowest BCUT2D eigenvalue weighted by atomic mass is 9.89. The van der Waals surface area contributed by atoms with Crippen LogP contribution in [0.15, 0.2) is 35.3 Å². The van der Waals surface area contributed by atoms with Crippen LogP contribution in [0.4, 0.5) is 0 Å². The van der Waals surface area contributed by atoms with Crippen molar-refractivity contribution in [1.82, 2.24) is 15.2 Å². The summed E-state index contributed by atoms with van der Waals surface area (Å²) in [6.07, 6.45) is 8.42. The summed E-state index contributed by atoms with van der Waals surface area (Å²) in [6, 6.07) is 8.45. The number of carbonyl (C=O) groups excluding carboxylic acids is 1. The molecule has 2 aromatic rings. The number of pyridine rings is 1. The zero-order chi connectivity index (χ0) is 20.4. The first-order valence-corrected chi connectivity index (χ1v) is 10.9. The summed E-state index contributed by atoms with van der Waals surface area (Å²) in [7, 11) is 0. The van der Waals surface area contributed by atoms with Crippen LogP contribution < -0.4 is 16.2 Å². The lowest BCUT2D eigenvalue weighted by molar-refractivity contribution is 0.0936. The van der Waals surface area contributed by atoms with Gasteiger partial charge in [0, 0.05) is 12.2 Å². The van der Waals surface area contributed by atoms with Gasteiger partial charge in [-0.3, -0.25) is 9.59 Å². The number of rotatable bonds is 4. The number of aromatic nitrogens is 1. The third kappa shape index (κ3) is 4.62. The van der Waals surface area contributed by atoms with Crippen molar-refractivity contribution in [3.05, 3.63) is 68.6 Å². The van der Waals surface area contributed by atoms with Crippen LogP contribution in [0.5, 0.6) is 0 Å². The van der Waals surface area contributed by atoms with E-state index in [1.165, 1.54) is 24.0 Å². The average molecular weight is 430 g/mol. The maximum absolute atomic E-state index is 13.1. The van der Waals surface area contributed by atoms with Gasteiger partial charge in [-0.2, -0.15) is 0 Å². The van der Waals surface area contributed by atoms with E-state index < -0.39 is 0 Å². The molecular formula is C24H32ClN3O2. The highest BCUT2D eigenvalue weighted by molar-refractivity contribution is 5.95. The second kappa shape index (κ2) is 9.80. The highest BCUT2D eigenvalue weighted by Crippen LogP contribution is 2.25. The van der Waals surface area contributed by atoms with Gasteiger partial charge in [0.2, 0.25) is 0 Å². The Kier molecular flexibility index (Phi) is 7.37. The molecule has 1 aromatic heterocycles. The SMILES string of the molecule is Cc1ccn(C2CCNCC2)c(=O)c1C(=O)NC(C)c1ccc2c(c1)CCCC2.Cl. The summed E-state index contributed by atoms with van der Waals surface area (Å²) >= 11 is 0. The number of piperidine rings is 1. The van der Waals surface area contributed by atoms with Crippen LogP contribution in [0, 0.1) is 6.92 Å². The van der Waals surface area contributed by atoms with E-state index in [-0.39, 0.29) is 41.5 Å². The minimum atomic E-state index is -0.277. The van der Waals surface area contributed by atoms with Gasteiger partial charge in [0.05, 0.1) is 6.04 Å². The lowest BCUT2D eigenvalue weighted by Crippen LogP contribution is -2.39. The van der Waals surface area contributed by atoms with Crippen LogP contribution in [-0.4, -0.2) is 23.6 Å². The highest BCUT2D eigenvalue weighted by atomic mass is 35.5. The van der Waals surface area contributed by atoms with E-state index in [0.29, 0.717) is 0 Å². The minimum absolute atomic E-state index is 0. The maximum atomic E-state index is 13.1. The number of nitrogens with one attached hydrogen (secondary N) is 2. The maximum Gasteiger partial charge on any atom is 0.263 e. The van der Waals surface area contributed by atoms with E-state index in [9.17, 15) is 9.59 Å². The molecule has 1 unspecified atom stereocenters. The van der Waals surface area contributed by atoms with E-state index in [0.717, 1.165) is 49.9 Å². The molecule has 6 heteroatoms. The zero-order valence-corrected chi connectivity index (χ0v) is 18.7. The molecule has 1 saturated heterocycles. The molecule has 0 radical (unpaired) electrons. The monoisotopic (exact) mass is 429 g/mol. The Balaban J connectivity index is 0.00000256. The number of hydrogen-bond acceptors (Lipinski definition) is 3. The van der Waals surface area contributed by atoms with Crippen LogP contribution in [0.1, 0.15) is 77.3 Å². The standard InChI is InChI=1S/C24H31N3O2.ClH/c1-16-11-14-27(21-9-12-25-13-10-21)24(29)22(16)23(28)26-17(2)19-8-7-18-5-3-4-6-20(18)15-19;/h7-8,11,14-15,17,21,25H,3-6,9-10,12-13H2,1-2H3,(H,26,28);1H. The van der Waals surface area contributed by atoms with Crippen molar-refractivity contribution in [2.45, 2.75) is 64.5 Å². The molecule has 4 rings (SSSR count). The molecule has 5 nitrogen and oxygen atoms in total. The number of benzene rings is 1. The van der Waals surface area contributed by atoms with Gasteiger partial charge in [0.25, 0.3) is 11.5 Å². The first-order chi connectivity index (χ1) is 14.0. The number of carbonyl (C=O) groups is 1. The highest BCUT2D eigenvalue weighted by Gasteiger charge is 2.22. The summed E-state index contributed by atoms with van der Waals surface area (Å²) in [5.41, 5.74) is 4.77. The van der Waals surface area contributed by atoms with Crippen molar-refractivity contribution < 1.29 is 4.79 Å². The fourth-order valence-electron chi connectivity index (χ4n) is 4.66. The predicted molar refractivity (Wildman–Crippen MR) is 123 cm³/mol. The molecular weight excluding hydrogens is 398 g/mol. The zero-order valence-electron chi connectivity index (χ0n) is 17.9. The van der Waals surface area contributed by atoms with Gasteiger partial charge < -0.3 is 15.2 Å². The van der Waals surface area contributed by atoms with Crippen molar-refractivity contribution >= 4 is 18.3 Å². The van der Waals surface area contributed by atoms with Crippen LogP contribution in [0.2, 0.25) is 0 Å². The number of hydrogen-bond donors (Lipinski definition) is 2. The fourth-order valence-corrected chi connectivity index (χ4v) is 4.66. The smallest absolute Gasteiger partial charge is 0.263 e. The third-order valence-corrected chi connectivity index (χ3v) is 6.48. The van der Waals surface area contributed by atoms with Crippen LogP contribution in [-0.2, 0) is 12.8 Å². The van der Waals surface area contributed by atoms with Gasteiger partial charge in [-0.25, -0.2) is 0 Å². The Hall–Kier alpha value is -2.11. The van der Waals surface area contributed by atoms with Gasteiger partial charge in [-0.1, -0.05) is 18.2 Å². The average Bonchev–Trinajstić information content (AvgIpc) is 2.74. The minimum Gasteiger partial charge on any atom is -0.345 e. The predicted octanol–water partition coefficient (Wildman–Crippen LogP) is 3.87. The molecule has 2 aliphatic rings. The molecule has 1 aromatic carbocycles. The Morgan fingerprint density at radius 2 is 1.83 bits per heavy atom. The van der Waals surface area contributed by atoms with E-state index in [4.69, 9.17) is 0 Å². The van der Waals surface area contributed by atoms with Crippen molar-refractivity contribution in [3.63, 3.8) is 0 Å². The van der Waals surface area contributed by atoms with Gasteiger partial charge >= 0.3 is 0 Å². The number of amides is 1. The van der Waals surface area contributed by atoms with Crippen molar-refractivity contribution in [2.24, 2.45) is 0 Å². The quantitative estimate of drug-likeness (QED) is 0.775. The first kappa shape index (κ1) is 22.6. The van der Waals surface area contributed by atoms with Gasteiger partial charge in [-0.05, 0) is 93.8 Å². The third-order valence-electron chi connectivity index (χ3n) is 6.48. The largest absolute Gasteiger partial charge is 0.345 e. The van der Waals surface area contributed by atoms with Crippen LogP contribution in [0.3, 0.4) is 0 Å². The second-order valence-electron chi connectivity index (χ2n) is 8.50. The summed E-state index contributed by atoms with van der Waals surface area (Å²) in [5, 5.41) is 6.39. The molecule has 1 atom stereocenters. The summed E-state index contributed by atoms with van der Waals surface area (Å²) in [4.78, 5) is 26.2. The van der Waals surface area contributed by atoms with Crippen molar-refractivity contribution in [2.75, 3.05) is 13.1 Å². The molecule has 1 aliphatic heterocycles. The van der Waals surface area contributed by atoms with Crippen LogP contribution >= 0.6 is 12.4 Å². The molecule has 1 aliphatic carbocycles. The number of fused-ring (bicyclic) bond motifs is 1. The molecule has 162 valence electrons. The van der Waals surface area contributed by atoms with Gasteiger partial charge in [0.1, 0.15) is 5.56 Å². The molecule has 1 fully saturated rings. The van der Waals surface area contributed by atoms with Gasteiger partial charge in [-0.15, -0.1) is 12.4 Å². The van der Waals surface area contributed by atoms with E-state index in [1.54, 1.807) is 4.57 Å². The fraction of sp³-hybridized carbons (Fsp3) is 0.500. The molecule has 1 amide bonds. The topological polar surface area (TPSA) is 63.1 Å². The second-order valence-corrected chi connectivity index (χ2v) is 8.50.